The Bertz CT molecular complexity index is 1780. The van der Waals surface area contributed by atoms with Crippen molar-refractivity contribution in [1.29, 1.82) is 0 Å². The molecule has 5 aromatic carbocycles. The predicted molar refractivity (Wildman–Crippen MR) is 164 cm³/mol. The third-order valence-corrected chi connectivity index (χ3v) is 8.71. The van der Waals surface area contributed by atoms with Crippen LogP contribution in [0.5, 0.6) is 5.75 Å². The third-order valence-electron chi connectivity index (χ3n) is 8.71. The Hall–Kier alpha value is -4.30. The molecular weight excluding hydrogens is 474 g/mol. The molecule has 0 saturated heterocycles. The van der Waals surface area contributed by atoms with Crippen molar-refractivity contribution in [2.75, 3.05) is 19.0 Å². The van der Waals surface area contributed by atoms with Crippen molar-refractivity contribution in [3.05, 3.63) is 137 Å². The summed E-state index contributed by atoms with van der Waals surface area (Å²) in [5, 5.41) is 2.41. The topological polar surface area (TPSA) is 12.5 Å². The van der Waals surface area contributed by atoms with Crippen LogP contribution < -0.4 is 9.64 Å². The molecule has 1 aliphatic heterocycles. The minimum absolute atomic E-state index is 0.140. The van der Waals surface area contributed by atoms with Crippen LogP contribution in [0.2, 0.25) is 0 Å². The average molecular weight is 508 g/mol. The Balaban J connectivity index is 1.53. The van der Waals surface area contributed by atoms with Crippen molar-refractivity contribution in [1.82, 2.24) is 0 Å². The Morgan fingerprint density at radius 2 is 1.38 bits per heavy atom. The van der Waals surface area contributed by atoms with Crippen molar-refractivity contribution in [2.45, 2.75) is 31.8 Å². The second-order valence-corrected chi connectivity index (χ2v) is 11.7. The highest BCUT2D eigenvalue weighted by atomic mass is 16.5. The van der Waals surface area contributed by atoms with Gasteiger partial charge in [0, 0.05) is 47.3 Å². The van der Waals surface area contributed by atoms with Crippen LogP contribution in [0.4, 0.5) is 5.69 Å². The van der Waals surface area contributed by atoms with Gasteiger partial charge >= 0.3 is 0 Å². The number of benzene rings is 5. The van der Waals surface area contributed by atoms with Crippen LogP contribution in [0.15, 0.2) is 103 Å². The van der Waals surface area contributed by atoms with Crippen LogP contribution in [0.1, 0.15) is 47.2 Å². The molecule has 5 aromatic rings. The lowest BCUT2D eigenvalue weighted by molar-refractivity contribution is 0.163. The maximum Gasteiger partial charge on any atom is 0.178 e. The maximum atomic E-state index is 7.35. The molecule has 7 rings (SSSR count). The Morgan fingerprint density at radius 1 is 0.718 bits per heavy atom. The molecule has 0 amide bonds. The summed E-state index contributed by atoms with van der Waals surface area (Å²) >= 11 is 0. The van der Waals surface area contributed by atoms with Crippen molar-refractivity contribution < 1.29 is 4.74 Å². The lowest BCUT2D eigenvalue weighted by Crippen LogP contribution is -2.35. The lowest BCUT2D eigenvalue weighted by Gasteiger charge is -2.38. The number of hydrogen-bond acceptors (Lipinski definition) is 2. The molecule has 0 radical (unpaired) electrons. The van der Waals surface area contributed by atoms with E-state index < -0.39 is 5.60 Å². The second-order valence-electron chi connectivity index (χ2n) is 11.7. The van der Waals surface area contributed by atoms with Gasteiger partial charge in [-0.15, -0.1) is 0 Å². The average Bonchev–Trinajstić information content (AvgIpc) is 3.20. The minimum Gasteiger partial charge on any atom is -0.472 e. The summed E-state index contributed by atoms with van der Waals surface area (Å²) in [4.78, 5) is 2.13. The van der Waals surface area contributed by atoms with Gasteiger partial charge in [0.25, 0.3) is 0 Å². The van der Waals surface area contributed by atoms with Crippen LogP contribution in [-0.4, -0.2) is 14.1 Å². The van der Waals surface area contributed by atoms with Gasteiger partial charge in [-0.05, 0) is 52.8 Å². The highest BCUT2D eigenvalue weighted by molar-refractivity contribution is 6.08. The van der Waals surface area contributed by atoms with Gasteiger partial charge in [0.2, 0.25) is 0 Å². The smallest absolute Gasteiger partial charge is 0.178 e. The molecule has 0 fully saturated rings. The fourth-order valence-electron chi connectivity index (χ4n) is 6.72. The molecule has 1 atom stereocenters. The third kappa shape index (κ3) is 3.34. The zero-order valence-corrected chi connectivity index (χ0v) is 23.2. The molecule has 0 saturated carbocycles. The summed E-state index contributed by atoms with van der Waals surface area (Å²) in [6.07, 6.45) is 4.60. The van der Waals surface area contributed by atoms with E-state index in [0.29, 0.717) is 0 Å². The van der Waals surface area contributed by atoms with Crippen LogP contribution in [0.3, 0.4) is 0 Å². The van der Waals surface area contributed by atoms with Crippen LogP contribution >= 0.6 is 0 Å². The van der Waals surface area contributed by atoms with E-state index in [0.717, 1.165) is 22.3 Å². The molecule has 2 heteroatoms. The first-order valence-corrected chi connectivity index (χ1v) is 13.7. The number of nitrogens with zero attached hydrogens (tertiary/aromatic N) is 1. The van der Waals surface area contributed by atoms with Gasteiger partial charge in [-0.25, -0.2) is 0 Å². The standard InChI is InChI=1S/C37H33NO/c1-24-15-20-30-32(23-24)36(2,3)34-31-21-22-37(25-11-7-6-8-12-25,26-16-18-27(19-17-26)38(4)5)39-35(31)29-14-10-9-13-28(29)33(30)34/h6-23H,1-5H3. The summed E-state index contributed by atoms with van der Waals surface area (Å²) in [6.45, 7) is 6.91. The first-order chi connectivity index (χ1) is 18.8. The van der Waals surface area contributed by atoms with Crippen molar-refractivity contribution in [2.24, 2.45) is 0 Å². The Morgan fingerprint density at radius 3 is 2.10 bits per heavy atom. The first-order valence-electron chi connectivity index (χ1n) is 13.7. The Labute approximate surface area is 231 Å². The summed E-state index contributed by atoms with van der Waals surface area (Å²) in [5.74, 6) is 0.963. The van der Waals surface area contributed by atoms with Gasteiger partial charge in [-0.3, -0.25) is 0 Å². The number of aryl methyl sites for hydroxylation is 1. The molecule has 1 heterocycles. The fraction of sp³-hybridized carbons (Fsp3) is 0.189. The highest BCUT2D eigenvalue weighted by Gasteiger charge is 2.44. The van der Waals surface area contributed by atoms with Crippen LogP contribution in [0.25, 0.3) is 28.0 Å². The van der Waals surface area contributed by atoms with Crippen LogP contribution in [-0.2, 0) is 11.0 Å². The molecule has 39 heavy (non-hydrogen) atoms. The molecule has 2 nitrogen and oxygen atoms in total. The van der Waals surface area contributed by atoms with E-state index in [9.17, 15) is 0 Å². The van der Waals surface area contributed by atoms with E-state index in [1.807, 2.05) is 0 Å². The van der Waals surface area contributed by atoms with E-state index in [-0.39, 0.29) is 5.41 Å². The zero-order chi connectivity index (χ0) is 26.9. The van der Waals surface area contributed by atoms with Gasteiger partial charge in [0.05, 0.1) is 0 Å². The van der Waals surface area contributed by atoms with Gasteiger partial charge < -0.3 is 9.64 Å². The van der Waals surface area contributed by atoms with E-state index in [4.69, 9.17) is 4.74 Å². The molecule has 2 aliphatic rings. The van der Waals surface area contributed by atoms with Crippen LogP contribution in [0, 0.1) is 6.92 Å². The molecule has 1 unspecified atom stereocenters. The monoisotopic (exact) mass is 507 g/mol. The summed E-state index contributed by atoms with van der Waals surface area (Å²) in [6, 6.07) is 35.0. The molecule has 0 aromatic heterocycles. The summed E-state index contributed by atoms with van der Waals surface area (Å²) in [7, 11) is 4.15. The molecular formula is C37H33NO. The second kappa shape index (κ2) is 8.35. The summed E-state index contributed by atoms with van der Waals surface area (Å²) < 4.78 is 7.35. The summed E-state index contributed by atoms with van der Waals surface area (Å²) in [5.41, 5.74) is 10.5. The number of ether oxygens (including phenoxy) is 1. The van der Waals surface area contributed by atoms with Gasteiger partial charge in [-0.1, -0.05) is 110 Å². The Kier molecular flexibility index (Phi) is 5.09. The molecule has 192 valence electrons. The van der Waals surface area contributed by atoms with E-state index >= 15 is 0 Å². The quantitative estimate of drug-likeness (QED) is 0.242. The molecule has 0 spiro atoms. The van der Waals surface area contributed by atoms with E-state index in [1.54, 1.807) is 0 Å². The van der Waals surface area contributed by atoms with Gasteiger partial charge in [-0.2, -0.15) is 0 Å². The lowest BCUT2D eigenvalue weighted by atomic mass is 9.76. The fourth-order valence-corrected chi connectivity index (χ4v) is 6.72. The predicted octanol–water partition coefficient (Wildman–Crippen LogP) is 8.87. The molecule has 0 bridgehead atoms. The van der Waals surface area contributed by atoms with Crippen molar-refractivity contribution in [3.8, 4) is 16.9 Å². The van der Waals surface area contributed by atoms with Gasteiger partial charge in [0.15, 0.2) is 5.60 Å². The molecule has 1 aliphatic carbocycles. The number of hydrogen-bond donors (Lipinski definition) is 0. The minimum atomic E-state index is -0.734. The van der Waals surface area contributed by atoms with E-state index in [1.165, 1.54) is 44.5 Å². The molecule has 0 N–H and O–H groups in total. The van der Waals surface area contributed by atoms with Crippen molar-refractivity contribution in [3.63, 3.8) is 0 Å². The maximum absolute atomic E-state index is 7.35. The number of rotatable bonds is 3. The highest BCUT2D eigenvalue weighted by Crippen LogP contribution is 2.58. The normalized spacial score (nSPS) is 18.3. The zero-order valence-electron chi connectivity index (χ0n) is 23.2. The first kappa shape index (κ1) is 23.8. The van der Waals surface area contributed by atoms with Gasteiger partial charge in [0.1, 0.15) is 5.75 Å². The largest absolute Gasteiger partial charge is 0.472 e. The number of anilines is 1. The van der Waals surface area contributed by atoms with E-state index in [2.05, 4.69) is 149 Å². The number of fused-ring (bicyclic) bond motifs is 8. The SMILES string of the molecule is Cc1ccc2c(c1)C(C)(C)c1c3c(c4ccccc4c1-2)OC(c1ccccc1)(c1ccc(N(C)C)cc1)C=C3. The van der Waals surface area contributed by atoms with Crippen molar-refractivity contribution >= 4 is 22.5 Å².